The maximum atomic E-state index is 13.2. The number of likely N-dealkylation sites (tertiary alicyclic amines) is 1. The van der Waals surface area contributed by atoms with Crippen molar-refractivity contribution < 1.29 is 14.7 Å². The summed E-state index contributed by atoms with van der Waals surface area (Å²) < 4.78 is 0. The van der Waals surface area contributed by atoms with Gasteiger partial charge in [0.2, 0.25) is 0 Å². The number of carbonyl (C=O) groups is 2. The molecular formula is C20H19ClN2O3. The maximum Gasteiger partial charge on any atom is 0.326 e. The second kappa shape index (κ2) is 6.72. The van der Waals surface area contributed by atoms with E-state index < -0.39 is 12.0 Å². The zero-order valence-electron chi connectivity index (χ0n) is 14.1. The van der Waals surface area contributed by atoms with Crippen molar-refractivity contribution in [3.8, 4) is 11.3 Å². The van der Waals surface area contributed by atoms with Crippen molar-refractivity contribution in [2.75, 3.05) is 6.54 Å². The van der Waals surface area contributed by atoms with Gasteiger partial charge in [0.1, 0.15) is 6.04 Å². The Morgan fingerprint density at radius 1 is 1.19 bits per heavy atom. The fourth-order valence-corrected chi connectivity index (χ4v) is 4.57. The number of aromatic nitrogens is 1. The van der Waals surface area contributed by atoms with E-state index in [0.717, 1.165) is 30.5 Å². The second-order valence-corrected chi connectivity index (χ2v) is 7.41. The van der Waals surface area contributed by atoms with Crippen molar-refractivity contribution in [2.24, 2.45) is 11.8 Å². The summed E-state index contributed by atoms with van der Waals surface area (Å²) in [5.74, 6) is -0.911. The molecule has 0 bridgehead atoms. The van der Waals surface area contributed by atoms with E-state index in [1.807, 2.05) is 24.3 Å². The summed E-state index contributed by atoms with van der Waals surface area (Å²) in [6, 6.07) is 9.99. The number of halogens is 1. The summed E-state index contributed by atoms with van der Waals surface area (Å²) >= 11 is 6.29. The minimum atomic E-state index is -0.926. The number of fused-ring (bicyclic) bond motifs is 1. The van der Waals surface area contributed by atoms with Crippen LogP contribution in [0.15, 0.2) is 42.6 Å². The van der Waals surface area contributed by atoms with Crippen LogP contribution >= 0.6 is 11.6 Å². The lowest BCUT2D eigenvalue weighted by atomic mass is 9.94. The van der Waals surface area contributed by atoms with Crippen molar-refractivity contribution in [1.29, 1.82) is 0 Å². The smallest absolute Gasteiger partial charge is 0.326 e. The number of benzene rings is 1. The minimum absolute atomic E-state index is 0.0502. The predicted octanol–water partition coefficient (Wildman–Crippen LogP) is 3.73. The molecule has 134 valence electrons. The third kappa shape index (κ3) is 2.86. The zero-order chi connectivity index (χ0) is 18.3. The monoisotopic (exact) mass is 370 g/mol. The largest absolute Gasteiger partial charge is 0.480 e. The lowest BCUT2D eigenvalue weighted by molar-refractivity contribution is -0.142. The summed E-state index contributed by atoms with van der Waals surface area (Å²) in [7, 11) is 0. The van der Waals surface area contributed by atoms with Gasteiger partial charge in [0.05, 0.1) is 16.3 Å². The number of rotatable bonds is 3. The standard InChI is InChI=1S/C20H19ClN2O3/c21-16-8-7-12(17-6-1-2-9-22-17)10-15(16)19(24)23-11-13-4-3-5-14(13)18(23)20(25)26/h1-2,6-10,13-14,18H,3-5,11H2,(H,25,26). The van der Waals surface area contributed by atoms with E-state index in [9.17, 15) is 14.7 Å². The molecule has 0 spiro atoms. The highest BCUT2D eigenvalue weighted by Crippen LogP contribution is 2.43. The highest BCUT2D eigenvalue weighted by Gasteiger charge is 2.49. The van der Waals surface area contributed by atoms with Crippen molar-refractivity contribution in [1.82, 2.24) is 9.88 Å². The van der Waals surface area contributed by atoms with Crippen molar-refractivity contribution in [3.05, 3.63) is 53.2 Å². The van der Waals surface area contributed by atoms with Crippen LogP contribution in [0.5, 0.6) is 0 Å². The van der Waals surface area contributed by atoms with Gasteiger partial charge in [-0.15, -0.1) is 0 Å². The van der Waals surface area contributed by atoms with E-state index in [2.05, 4.69) is 4.98 Å². The first kappa shape index (κ1) is 17.0. The molecule has 3 atom stereocenters. The van der Waals surface area contributed by atoms with Gasteiger partial charge in [-0.25, -0.2) is 4.79 Å². The Balaban J connectivity index is 1.69. The topological polar surface area (TPSA) is 70.5 Å². The van der Waals surface area contributed by atoms with Crippen LogP contribution in [-0.2, 0) is 4.79 Å². The van der Waals surface area contributed by atoms with Crippen molar-refractivity contribution >= 4 is 23.5 Å². The van der Waals surface area contributed by atoms with E-state index in [1.165, 1.54) is 4.90 Å². The lowest BCUT2D eigenvalue weighted by Crippen LogP contribution is -2.43. The molecule has 2 heterocycles. The number of carboxylic acids is 1. The first-order chi connectivity index (χ1) is 12.6. The van der Waals surface area contributed by atoms with Gasteiger partial charge >= 0.3 is 5.97 Å². The maximum absolute atomic E-state index is 13.2. The SMILES string of the molecule is O=C(O)C1C2CCCC2CN1C(=O)c1cc(-c2ccccn2)ccc1Cl. The van der Waals surface area contributed by atoms with Gasteiger partial charge in [-0.2, -0.15) is 0 Å². The fraction of sp³-hybridized carbons (Fsp3) is 0.350. The Labute approximate surface area is 156 Å². The number of pyridine rings is 1. The predicted molar refractivity (Wildman–Crippen MR) is 98.0 cm³/mol. The highest BCUT2D eigenvalue weighted by atomic mass is 35.5. The van der Waals surface area contributed by atoms with E-state index in [-0.39, 0.29) is 17.7 Å². The molecular weight excluding hydrogens is 352 g/mol. The molecule has 3 unspecified atom stereocenters. The van der Waals surface area contributed by atoms with Crippen LogP contribution in [0, 0.1) is 11.8 Å². The van der Waals surface area contributed by atoms with Gasteiger partial charge in [0, 0.05) is 18.3 Å². The Morgan fingerprint density at radius 2 is 2.04 bits per heavy atom. The van der Waals surface area contributed by atoms with E-state index in [1.54, 1.807) is 18.3 Å². The van der Waals surface area contributed by atoms with Gasteiger partial charge < -0.3 is 10.0 Å². The Morgan fingerprint density at radius 3 is 2.77 bits per heavy atom. The van der Waals surface area contributed by atoms with Crippen molar-refractivity contribution in [2.45, 2.75) is 25.3 Å². The van der Waals surface area contributed by atoms with Crippen LogP contribution in [0.25, 0.3) is 11.3 Å². The van der Waals surface area contributed by atoms with Crippen molar-refractivity contribution in [3.63, 3.8) is 0 Å². The van der Waals surface area contributed by atoms with Crippen LogP contribution in [0.3, 0.4) is 0 Å². The summed E-state index contributed by atoms with van der Waals surface area (Å²) in [5.41, 5.74) is 1.86. The molecule has 1 aromatic heterocycles. The Kier molecular flexibility index (Phi) is 4.41. The van der Waals surface area contributed by atoms with E-state index in [4.69, 9.17) is 11.6 Å². The third-order valence-corrected chi connectivity index (χ3v) is 5.89. The summed E-state index contributed by atoms with van der Waals surface area (Å²) in [5, 5.41) is 10.0. The molecule has 1 amide bonds. The molecule has 2 fully saturated rings. The van der Waals surface area contributed by atoms with Gasteiger partial charge in [-0.3, -0.25) is 9.78 Å². The normalized spacial score (nSPS) is 24.5. The van der Waals surface area contributed by atoms with Crippen LogP contribution in [0.1, 0.15) is 29.6 Å². The first-order valence-electron chi connectivity index (χ1n) is 8.81. The molecule has 1 saturated carbocycles. The molecule has 1 aromatic carbocycles. The lowest BCUT2D eigenvalue weighted by Gasteiger charge is -2.25. The van der Waals surface area contributed by atoms with Gasteiger partial charge in [0.15, 0.2) is 0 Å². The molecule has 1 saturated heterocycles. The van der Waals surface area contributed by atoms with Gasteiger partial charge in [-0.05, 0) is 48.9 Å². The van der Waals surface area contributed by atoms with E-state index >= 15 is 0 Å². The number of nitrogens with zero attached hydrogens (tertiary/aromatic N) is 2. The number of carboxylic acid groups (broad SMARTS) is 1. The Bertz CT molecular complexity index is 855. The van der Waals surface area contributed by atoms with Crippen LogP contribution in [-0.4, -0.2) is 39.5 Å². The fourth-order valence-electron chi connectivity index (χ4n) is 4.37. The van der Waals surface area contributed by atoms with E-state index in [0.29, 0.717) is 17.1 Å². The third-order valence-electron chi connectivity index (χ3n) is 5.56. The molecule has 1 aliphatic carbocycles. The second-order valence-electron chi connectivity index (χ2n) is 7.01. The first-order valence-corrected chi connectivity index (χ1v) is 9.19. The molecule has 5 nitrogen and oxygen atoms in total. The Hall–Kier alpha value is -2.40. The quantitative estimate of drug-likeness (QED) is 0.893. The number of carbonyl (C=O) groups excluding carboxylic acids is 1. The molecule has 2 aliphatic rings. The molecule has 1 N–H and O–H groups in total. The number of amides is 1. The summed E-state index contributed by atoms with van der Waals surface area (Å²) in [6.07, 6.45) is 4.58. The average Bonchev–Trinajstić information content (AvgIpc) is 3.23. The number of hydrogen-bond acceptors (Lipinski definition) is 3. The molecule has 2 aromatic rings. The molecule has 6 heteroatoms. The van der Waals surface area contributed by atoms with Crippen LogP contribution in [0.2, 0.25) is 5.02 Å². The molecule has 1 aliphatic heterocycles. The number of aliphatic carboxylic acids is 1. The number of hydrogen-bond donors (Lipinski definition) is 1. The van der Waals surface area contributed by atoms with Crippen LogP contribution < -0.4 is 0 Å². The summed E-state index contributed by atoms with van der Waals surface area (Å²) in [4.78, 5) is 30.8. The minimum Gasteiger partial charge on any atom is -0.480 e. The molecule has 0 radical (unpaired) electrons. The highest BCUT2D eigenvalue weighted by molar-refractivity contribution is 6.34. The average molecular weight is 371 g/mol. The molecule has 4 rings (SSSR count). The van der Waals surface area contributed by atoms with Crippen LogP contribution in [0.4, 0.5) is 0 Å². The van der Waals surface area contributed by atoms with Gasteiger partial charge in [-0.1, -0.05) is 30.2 Å². The molecule has 26 heavy (non-hydrogen) atoms. The van der Waals surface area contributed by atoms with Gasteiger partial charge in [0.25, 0.3) is 5.91 Å². The zero-order valence-corrected chi connectivity index (χ0v) is 14.9. The summed E-state index contributed by atoms with van der Waals surface area (Å²) in [6.45, 7) is 0.491.